The van der Waals surface area contributed by atoms with E-state index in [0.717, 1.165) is 37.2 Å². The second-order valence-electron chi connectivity index (χ2n) is 7.15. The first-order valence-corrected chi connectivity index (χ1v) is 11.2. The van der Waals surface area contributed by atoms with E-state index in [2.05, 4.69) is 11.4 Å². The Bertz CT molecular complexity index is 1280. The number of amides is 1. The van der Waals surface area contributed by atoms with E-state index in [-0.39, 0.29) is 5.91 Å². The van der Waals surface area contributed by atoms with Crippen LogP contribution < -0.4 is 5.32 Å². The normalized spacial score (nSPS) is 10.9. The summed E-state index contributed by atoms with van der Waals surface area (Å²) in [6.45, 7) is 6.02. The van der Waals surface area contributed by atoms with Crippen molar-refractivity contribution in [2.24, 2.45) is 0 Å². The molecular formula is C24H21NO3S2. The van der Waals surface area contributed by atoms with Crippen molar-refractivity contribution in [1.82, 2.24) is 0 Å². The Hall–Kier alpha value is -2.96. The molecule has 2 heterocycles. The molecule has 0 saturated carbocycles. The molecule has 2 aromatic carbocycles. The zero-order valence-electron chi connectivity index (χ0n) is 17.2. The van der Waals surface area contributed by atoms with E-state index in [9.17, 15) is 9.59 Å². The van der Waals surface area contributed by atoms with Crippen LogP contribution in [-0.2, 0) is 4.74 Å². The maximum atomic E-state index is 13.1. The van der Waals surface area contributed by atoms with E-state index in [1.54, 1.807) is 0 Å². The van der Waals surface area contributed by atoms with E-state index in [1.807, 2.05) is 62.5 Å². The smallest absolute Gasteiger partial charge is 0.341 e. The molecule has 0 unspecified atom stereocenters. The van der Waals surface area contributed by atoms with Gasteiger partial charge in [-0.1, -0.05) is 42.0 Å². The van der Waals surface area contributed by atoms with E-state index in [0.29, 0.717) is 16.1 Å². The highest BCUT2D eigenvalue weighted by atomic mass is 32.1. The van der Waals surface area contributed by atoms with Crippen LogP contribution in [0.25, 0.3) is 21.2 Å². The van der Waals surface area contributed by atoms with Crippen molar-refractivity contribution in [3.63, 3.8) is 0 Å². The molecular weight excluding hydrogens is 414 g/mol. The number of carbonyl (C=O) groups excluding carboxylic acids is 2. The standard InChI is InChI=1S/C24H21NO3S2/c1-13-9-10-16(14(2)11-13)20-15(3)30-23(21(20)24(27)28-4)25-22(26)18-12-29-19-8-6-5-7-17(18)19/h5-12H,1-4H3,(H,25,26). The van der Waals surface area contributed by atoms with Crippen LogP contribution in [0.4, 0.5) is 5.00 Å². The molecule has 0 spiro atoms. The summed E-state index contributed by atoms with van der Waals surface area (Å²) in [6, 6.07) is 13.9. The molecule has 4 aromatic rings. The predicted octanol–water partition coefficient (Wildman–Crippen LogP) is 6.59. The Labute approximate surface area is 183 Å². The van der Waals surface area contributed by atoms with Crippen LogP contribution in [0.3, 0.4) is 0 Å². The first-order chi connectivity index (χ1) is 14.4. The fourth-order valence-electron chi connectivity index (χ4n) is 3.67. The molecule has 0 radical (unpaired) electrons. The summed E-state index contributed by atoms with van der Waals surface area (Å²) in [7, 11) is 1.36. The summed E-state index contributed by atoms with van der Waals surface area (Å²) in [5.74, 6) is -0.689. The third-order valence-electron chi connectivity index (χ3n) is 5.08. The summed E-state index contributed by atoms with van der Waals surface area (Å²) in [5, 5.41) is 6.23. The molecule has 152 valence electrons. The monoisotopic (exact) mass is 435 g/mol. The number of hydrogen-bond donors (Lipinski definition) is 1. The van der Waals surface area contributed by atoms with Gasteiger partial charge in [-0.25, -0.2) is 4.79 Å². The zero-order valence-corrected chi connectivity index (χ0v) is 18.8. The Morgan fingerprint density at radius 3 is 2.53 bits per heavy atom. The number of fused-ring (bicyclic) bond motifs is 1. The summed E-state index contributed by atoms with van der Waals surface area (Å²) < 4.78 is 6.13. The molecule has 0 aliphatic carbocycles. The molecule has 6 heteroatoms. The van der Waals surface area contributed by atoms with Crippen LogP contribution in [0.5, 0.6) is 0 Å². The molecule has 30 heavy (non-hydrogen) atoms. The Kier molecular flexibility index (Phi) is 5.45. The molecule has 1 amide bonds. The number of hydrogen-bond acceptors (Lipinski definition) is 5. The number of thiophene rings is 2. The lowest BCUT2D eigenvalue weighted by molar-refractivity contribution is 0.0603. The highest BCUT2D eigenvalue weighted by Crippen LogP contribution is 2.42. The third kappa shape index (κ3) is 3.53. The summed E-state index contributed by atoms with van der Waals surface area (Å²) in [5.41, 5.74) is 5.01. The number of methoxy groups -OCH3 is 1. The highest BCUT2D eigenvalue weighted by Gasteiger charge is 2.26. The lowest BCUT2D eigenvalue weighted by atomic mass is 9.96. The summed E-state index contributed by atoms with van der Waals surface area (Å²) in [6.07, 6.45) is 0. The minimum absolute atomic E-state index is 0.231. The number of ether oxygens (including phenoxy) is 1. The third-order valence-corrected chi connectivity index (χ3v) is 7.06. The van der Waals surface area contributed by atoms with Gasteiger partial charge >= 0.3 is 5.97 Å². The summed E-state index contributed by atoms with van der Waals surface area (Å²) >= 11 is 2.92. The van der Waals surface area contributed by atoms with Gasteiger partial charge in [-0.2, -0.15) is 0 Å². The van der Waals surface area contributed by atoms with Crippen molar-refractivity contribution in [2.45, 2.75) is 20.8 Å². The van der Waals surface area contributed by atoms with E-state index in [1.165, 1.54) is 29.8 Å². The van der Waals surface area contributed by atoms with Crippen LogP contribution in [-0.4, -0.2) is 19.0 Å². The van der Waals surface area contributed by atoms with Crippen molar-refractivity contribution < 1.29 is 14.3 Å². The topological polar surface area (TPSA) is 55.4 Å². The van der Waals surface area contributed by atoms with Gasteiger partial charge in [0.25, 0.3) is 5.91 Å². The van der Waals surface area contributed by atoms with Crippen molar-refractivity contribution in [3.05, 3.63) is 75.0 Å². The first kappa shape index (κ1) is 20.3. The molecule has 0 fully saturated rings. The van der Waals surface area contributed by atoms with Crippen LogP contribution >= 0.6 is 22.7 Å². The average molecular weight is 436 g/mol. The Morgan fingerprint density at radius 2 is 1.80 bits per heavy atom. The van der Waals surface area contributed by atoms with Crippen LogP contribution in [0.1, 0.15) is 36.7 Å². The second-order valence-corrected chi connectivity index (χ2v) is 9.28. The number of rotatable bonds is 4. The van der Waals surface area contributed by atoms with Gasteiger partial charge < -0.3 is 10.1 Å². The van der Waals surface area contributed by atoms with Gasteiger partial charge in [-0.15, -0.1) is 22.7 Å². The molecule has 0 aliphatic heterocycles. The van der Waals surface area contributed by atoms with Gasteiger partial charge in [0.05, 0.1) is 12.7 Å². The zero-order chi connectivity index (χ0) is 21.4. The lowest BCUT2D eigenvalue weighted by Crippen LogP contribution is -2.14. The van der Waals surface area contributed by atoms with Crippen molar-refractivity contribution >= 4 is 49.6 Å². The van der Waals surface area contributed by atoms with Gasteiger partial charge in [0.2, 0.25) is 0 Å². The number of anilines is 1. The molecule has 0 aliphatic rings. The lowest BCUT2D eigenvalue weighted by Gasteiger charge is -2.11. The molecule has 4 rings (SSSR count). The van der Waals surface area contributed by atoms with Crippen molar-refractivity contribution in [1.29, 1.82) is 0 Å². The molecule has 0 bridgehead atoms. The Balaban J connectivity index is 1.80. The van der Waals surface area contributed by atoms with Crippen LogP contribution in [0.15, 0.2) is 47.8 Å². The fraction of sp³-hybridized carbons (Fsp3) is 0.167. The molecule has 0 saturated heterocycles. The van der Waals surface area contributed by atoms with E-state index >= 15 is 0 Å². The number of benzene rings is 2. The van der Waals surface area contributed by atoms with Crippen LogP contribution in [0.2, 0.25) is 0 Å². The van der Waals surface area contributed by atoms with E-state index in [4.69, 9.17) is 4.74 Å². The number of nitrogens with one attached hydrogen (secondary N) is 1. The number of esters is 1. The Morgan fingerprint density at radius 1 is 1.03 bits per heavy atom. The van der Waals surface area contributed by atoms with Gasteiger partial charge in [0, 0.05) is 25.9 Å². The van der Waals surface area contributed by atoms with Crippen molar-refractivity contribution in [3.8, 4) is 11.1 Å². The van der Waals surface area contributed by atoms with Gasteiger partial charge in [0.1, 0.15) is 10.6 Å². The first-order valence-electron chi connectivity index (χ1n) is 9.47. The molecule has 4 nitrogen and oxygen atoms in total. The number of aryl methyl sites for hydroxylation is 3. The SMILES string of the molecule is COC(=O)c1c(NC(=O)c2csc3ccccc23)sc(C)c1-c1ccc(C)cc1C. The fourth-order valence-corrected chi connectivity index (χ4v) is 5.66. The largest absolute Gasteiger partial charge is 0.465 e. The average Bonchev–Trinajstić information content (AvgIpc) is 3.28. The van der Waals surface area contributed by atoms with Gasteiger partial charge in [-0.05, 0) is 38.0 Å². The number of carbonyl (C=O) groups is 2. The second kappa shape index (κ2) is 8.05. The maximum absolute atomic E-state index is 13.1. The minimum atomic E-state index is -0.459. The molecule has 2 aromatic heterocycles. The quantitative estimate of drug-likeness (QED) is 0.368. The summed E-state index contributed by atoms with van der Waals surface area (Å²) in [4.78, 5) is 26.8. The highest BCUT2D eigenvalue weighted by molar-refractivity contribution is 7.18. The molecule has 1 N–H and O–H groups in total. The minimum Gasteiger partial charge on any atom is -0.465 e. The van der Waals surface area contributed by atoms with Crippen molar-refractivity contribution in [2.75, 3.05) is 12.4 Å². The van der Waals surface area contributed by atoms with Gasteiger partial charge in [0.15, 0.2) is 0 Å². The maximum Gasteiger partial charge on any atom is 0.341 e. The molecule has 0 atom stereocenters. The van der Waals surface area contributed by atoms with Crippen LogP contribution in [0, 0.1) is 20.8 Å². The van der Waals surface area contributed by atoms with E-state index < -0.39 is 5.97 Å². The predicted molar refractivity (Wildman–Crippen MR) is 125 cm³/mol. The van der Waals surface area contributed by atoms with Gasteiger partial charge in [-0.3, -0.25) is 4.79 Å².